The molecule has 0 spiro atoms. The first-order valence-electron chi connectivity index (χ1n) is 8.72. The number of carbonyl (C=O) groups is 2. The lowest BCUT2D eigenvalue weighted by Gasteiger charge is -2.14. The van der Waals surface area contributed by atoms with E-state index in [4.69, 9.17) is 4.74 Å². The quantitative estimate of drug-likeness (QED) is 0.610. The average Bonchev–Trinajstić information content (AvgIpc) is 3.18. The molecule has 0 bridgehead atoms. The molecular formula is C20H20N4O3S. The van der Waals surface area contributed by atoms with Crippen LogP contribution in [0.2, 0.25) is 0 Å². The smallest absolute Gasteiger partial charge is 0.286 e. The topological polar surface area (TPSA) is 93.2 Å². The van der Waals surface area contributed by atoms with Crippen molar-refractivity contribution in [3.8, 4) is 0 Å². The highest BCUT2D eigenvalue weighted by atomic mass is 32.1. The number of amides is 2. The molecule has 3 aromatic rings. The van der Waals surface area contributed by atoms with E-state index in [9.17, 15) is 9.59 Å². The monoisotopic (exact) mass is 396 g/mol. The zero-order valence-corrected chi connectivity index (χ0v) is 16.1. The summed E-state index contributed by atoms with van der Waals surface area (Å²) in [4.78, 5) is 24.2. The minimum Gasteiger partial charge on any atom is -0.364 e. The Bertz CT molecular complexity index is 915. The summed E-state index contributed by atoms with van der Waals surface area (Å²) in [6.07, 6.45) is 0. The molecule has 0 unspecified atom stereocenters. The van der Waals surface area contributed by atoms with Crippen LogP contribution in [0.4, 0.5) is 5.69 Å². The predicted molar refractivity (Wildman–Crippen MR) is 107 cm³/mol. The third-order valence-corrected chi connectivity index (χ3v) is 4.72. The number of nitrogens with zero attached hydrogens (tertiary/aromatic N) is 2. The molecule has 0 aliphatic rings. The second-order valence-electron chi connectivity index (χ2n) is 6.01. The van der Waals surface area contributed by atoms with Gasteiger partial charge in [0.1, 0.15) is 18.2 Å². The number of rotatable bonds is 8. The van der Waals surface area contributed by atoms with Gasteiger partial charge in [-0.3, -0.25) is 9.59 Å². The fraction of sp³-hybridized carbons (Fsp3) is 0.200. The molecule has 7 nitrogen and oxygen atoms in total. The highest BCUT2D eigenvalue weighted by molar-refractivity contribution is 7.13. The summed E-state index contributed by atoms with van der Waals surface area (Å²) in [7, 11) is 0. The molecular weight excluding hydrogens is 376 g/mol. The molecule has 0 aliphatic heterocycles. The van der Waals surface area contributed by atoms with Crippen LogP contribution >= 0.6 is 11.3 Å². The van der Waals surface area contributed by atoms with Crippen LogP contribution in [-0.4, -0.2) is 28.6 Å². The number of hydrogen-bond donors (Lipinski definition) is 2. The van der Waals surface area contributed by atoms with Crippen molar-refractivity contribution < 1.29 is 14.3 Å². The summed E-state index contributed by atoms with van der Waals surface area (Å²) in [6, 6.07) is 18.7. The molecule has 1 atom stereocenters. The van der Waals surface area contributed by atoms with Gasteiger partial charge in [0.05, 0.1) is 6.04 Å². The summed E-state index contributed by atoms with van der Waals surface area (Å²) < 4.78 is 5.39. The highest BCUT2D eigenvalue weighted by Crippen LogP contribution is 2.14. The zero-order chi connectivity index (χ0) is 19.8. The van der Waals surface area contributed by atoms with Crippen molar-refractivity contribution in [2.45, 2.75) is 19.6 Å². The number of hydrogen-bond acceptors (Lipinski definition) is 6. The van der Waals surface area contributed by atoms with E-state index in [1.54, 1.807) is 12.1 Å². The van der Waals surface area contributed by atoms with E-state index >= 15 is 0 Å². The van der Waals surface area contributed by atoms with E-state index in [0.29, 0.717) is 10.7 Å². The van der Waals surface area contributed by atoms with Crippen LogP contribution in [0.1, 0.15) is 33.3 Å². The lowest BCUT2D eigenvalue weighted by molar-refractivity contribution is -0.126. The van der Waals surface area contributed by atoms with E-state index in [1.165, 1.54) is 0 Å². The summed E-state index contributed by atoms with van der Waals surface area (Å²) in [5, 5.41) is 14.2. The number of carbonyl (C=O) groups excluding carboxylic acids is 2. The Morgan fingerprint density at radius 2 is 1.71 bits per heavy atom. The first-order chi connectivity index (χ1) is 13.6. The van der Waals surface area contributed by atoms with Crippen molar-refractivity contribution in [1.29, 1.82) is 0 Å². The maximum Gasteiger partial charge on any atom is 0.286 e. The van der Waals surface area contributed by atoms with Crippen LogP contribution in [0.5, 0.6) is 0 Å². The Morgan fingerprint density at radius 1 is 1.04 bits per heavy atom. The van der Waals surface area contributed by atoms with Crippen LogP contribution in [-0.2, 0) is 16.1 Å². The van der Waals surface area contributed by atoms with Crippen molar-refractivity contribution in [2.24, 2.45) is 0 Å². The fourth-order valence-electron chi connectivity index (χ4n) is 2.45. The first-order valence-corrected chi connectivity index (χ1v) is 9.54. The molecule has 0 radical (unpaired) electrons. The van der Waals surface area contributed by atoms with Gasteiger partial charge in [-0.2, -0.15) is 0 Å². The van der Waals surface area contributed by atoms with Gasteiger partial charge >= 0.3 is 0 Å². The lowest BCUT2D eigenvalue weighted by atomic mass is 10.1. The van der Waals surface area contributed by atoms with Gasteiger partial charge in [0.25, 0.3) is 5.91 Å². The van der Waals surface area contributed by atoms with E-state index in [1.807, 2.05) is 55.5 Å². The van der Waals surface area contributed by atoms with Gasteiger partial charge in [0.15, 0.2) is 0 Å². The number of benzene rings is 2. The van der Waals surface area contributed by atoms with Gasteiger partial charge in [0.2, 0.25) is 10.9 Å². The summed E-state index contributed by atoms with van der Waals surface area (Å²) >= 11 is 1.13. The number of anilines is 1. The molecule has 3 rings (SSSR count). The van der Waals surface area contributed by atoms with Gasteiger partial charge < -0.3 is 15.4 Å². The second-order valence-corrected chi connectivity index (χ2v) is 7.08. The maximum absolute atomic E-state index is 12.2. The molecule has 0 saturated heterocycles. The van der Waals surface area contributed by atoms with E-state index in [2.05, 4.69) is 20.8 Å². The SMILES string of the molecule is C[C@H](NC(=O)COCc1nnc(C(=O)Nc2ccccc2)s1)c1ccccc1. The first kappa shape index (κ1) is 19.7. The Morgan fingerprint density at radius 3 is 2.43 bits per heavy atom. The highest BCUT2D eigenvalue weighted by Gasteiger charge is 2.14. The van der Waals surface area contributed by atoms with Crippen LogP contribution in [0, 0.1) is 0 Å². The van der Waals surface area contributed by atoms with Gasteiger partial charge in [-0.1, -0.05) is 59.9 Å². The second kappa shape index (κ2) is 9.72. The van der Waals surface area contributed by atoms with Crippen LogP contribution in [0.15, 0.2) is 60.7 Å². The number of aromatic nitrogens is 2. The van der Waals surface area contributed by atoms with Gasteiger partial charge in [0, 0.05) is 5.69 Å². The largest absolute Gasteiger partial charge is 0.364 e. The summed E-state index contributed by atoms with van der Waals surface area (Å²) in [5.74, 6) is -0.549. The van der Waals surface area contributed by atoms with E-state index in [0.717, 1.165) is 16.9 Å². The summed E-state index contributed by atoms with van der Waals surface area (Å²) in [6.45, 7) is 1.93. The maximum atomic E-state index is 12.2. The number of para-hydroxylation sites is 1. The number of ether oxygens (including phenoxy) is 1. The fourth-order valence-corrected chi connectivity index (χ4v) is 3.12. The zero-order valence-electron chi connectivity index (χ0n) is 15.3. The van der Waals surface area contributed by atoms with Crippen LogP contribution < -0.4 is 10.6 Å². The Hall–Kier alpha value is -3.10. The Kier molecular flexibility index (Phi) is 6.83. The molecule has 2 N–H and O–H groups in total. The molecule has 2 aromatic carbocycles. The molecule has 0 saturated carbocycles. The molecule has 144 valence electrons. The Labute approximate surface area is 166 Å². The standard InChI is InChI=1S/C20H20N4O3S/c1-14(15-8-4-2-5-9-15)21-17(25)12-27-13-18-23-24-20(28-18)19(26)22-16-10-6-3-7-11-16/h2-11,14H,12-13H2,1H3,(H,21,25)(H,22,26)/t14-/m0/s1. The molecule has 0 fully saturated rings. The molecule has 8 heteroatoms. The Balaban J connectivity index is 1.43. The van der Waals surface area contributed by atoms with Crippen molar-refractivity contribution in [2.75, 3.05) is 11.9 Å². The molecule has 2 amide bonds. The molecule has 28 heavy (non-hydrogen) atoms. The van der Waals surface area contributed by atoms with E-state index in [-0.39, 0.29) is 36.1 Å². The van der Waals surface area contributed by atoms with E-state index < -0.39 is 0 Å². The van der Waals surface area contributed by atoms with Crippen molar-refractivity contribution >= 4 is 28.8 Å². The summed E-state index contributed by atoms with van der Waals surface area (Å²) in [5.41, 5.74) is 1.71. The molecule has 1 heterocycles. The molecule has 1 aromatic heterocycles. The third-order valence-electron chi connectivity index (χ3n) is 3.83. The van der Waals surface area contributed by atoms with Gasteiger partial charge in [-0.25, -0.2) is 0 Å². The third kappa shape index (κ3) is 5.70. The minimum absolute atomic E-state index is 0.0949. The van der Waals surface area contributed by atoms with Crippen molar-refractivity contribution in [3.05, 3.63) is 76.2 Å². The van der Waals surface area contributed by atoms with Crippen molar-refractivity contribution in [3.63, 3.8) is 0 Å². The normalized spacial score (nSPS) is 11.6. The van der Waals surface area contributed by atoms with Crippen LogP contribution in [0.3, 0.4) is 0 Å². The van der Waals surface area contributed by atoms with Crippen molar-refractivity contribution in [1.82, 2.24) is 15.5 Å². The lowest BCUT2D eigenvalue weighted by Crippen LogP contribution is -2.30. The minimum atomic E-state index is -0.329. The average molecular weight is 396 g/mol. The van der Waals surface area contributed by atoms with Gasteiger partial charge in [-0.15, -0.1) is 10.2 Å². The van der Waals surface area contributed by atoms with Crippen LogP contribution in [0.25, 0.3) is 0 Å². The molecule has 0 aliphatic carbocycles. The predicted octanol–water partition coefficient (Wildman–Crippen LogP) is 3.18. The van der Waals surface area contributed by atoms with Gasteiger partial charge in [-0.05, 0) is 24.6 Å². The number of nitrogens with one attached hydrogen (secondary N) is 2.